The number of alkyl carbamates (subject to hydrolysis) is 1. The lowest BCUT2D eigenvalue weighted by atomic mass is 9.96. The first-order valence-corrected chi connectivity index (χ1v) is 10.4. The molecule has 4 rings (SSSR count). The number of hydrogen-bond acceptors (Lipinski definition) is 3. The van der Waals surface area contributed by atoms with Gasteiger partial charge < -0.3 is 15.2 Å². The molecule has 0 saturated carbocycles. The Morgan fingerprint density at radius 1 is 1.00 bits per heavy atom. The summed E-state index contributed by atoms with van der Waals surface area (Å²) >= 11 is 0. The van der Waals surface area contributed by atoms with Gasteiger partial charge in [-0.05, 0) is 64.9 Å². The van der Waals surface area contributed by atoms with Crippen molar-refractivity contribution >= 4 is 12.1 Å². The highest BCUT2D eigenvalue weighted by molar-refractivity contribution is 5.81. The molecule has 0 heterocycles. The fourth-order valence-electron chi connectivity index (χ4n) is 4.45. The molecule has 1 aliphatic rings. The molecule has 2 N–H and O–H groups in total. The van der Waals surface area contributed by atoms with Gasteiger partial charge in [-0.15, -0.1) is 0 Å². The molecule has 5 nitrogen and oxygen atoms in total. The second-order valence-electron chi connectivity index (χ2n) is 8.08. The van der Waals surface area contributed by atoms with E-state index in [0.29, 0.717) is 16.7 Å². The van der Waals surface area contributed by atoms with Gasteiger partial charge in [0.1, 0.15) is 18.5 Å². The Morgan fingerprint density at radius 3 is 2.06 bits per heavy atom. The summed E-state index contributed by atoms with van der Waals surface area (Å²) in [6.07, 6.45) is -0.756. The number of aliphatic carboxylic acids is 1. The molecule has 32 heavy (non-hydrogen) atoms. The van der Waals surface area contributed by atoms with Crippen LogP contribution in [0.4, 0.5) is 9.18 Å². The van der Waals surface area contributed by atoms with Gasteiger partial charge in [0.25, 0.3) is 0 Å². The Balaban J connectivity index is 1.46. The Bertz CT molecular complexity index is 1120. The lowest BCUT2D eigenvalue weighted by Crippen LogP contribution is -2.43. The summed E-state index contributed by atoms with van der Waals surface area (Å²) in [6, 6.07) is 17.5. The zero-order chi connectivity index (χ0) is 22.8. The minimum Gasteiger partial charge on any atom is -0.480 e. The third kappa shape index (κ3) is 4.21. The van der Waals surface area contributed by atoms with Crippen LogP contribution in [0.1, 0.15) is 33.7 Å². The molecule has 0 bridgehead atoms. The number of carbonyl (C=O) groups is 2. The number of hydrogen-bond donors (Lipinski definition) is 2. The average Bonchev–Trinajstić information content (AvgIpc) is 3.07. The summed E-state index contributed by atoms with van der Waals surface area (Å²) in [6.45, 7) is 3.54. The van der Waals surface area contributed by atoms with Gasteiger partial charge in [0.2, 0.25) is 0 Å². The van der Waals surface area contributed by atoms with Gasteiger partial charge in [-0.25, -0.2) is 14.0 Å². The smallest absolute Gasteiger partial charge is 0.407 e. The van der Waals surface area contributed by atoms with Crippen LogP contribution in [0.3, 0.4) is 0 Å². The van der Waals surface area contributed by atoms with Crippen molar-refractivity contribution in [2.75, 3.05) is 6.61 Å². The molecule has 1 amide bonds. The standard InChI is InChI=1S/C26H24FNO4/c1-15-11-17(27)12-16(2)22(15)13-24(25(29)30)28-26(31)32-14-23-20-9-5-3-7-18(20)19-8-4-6-10-21(19)23/h3-12,23-24H,13-14H2,1-2H3,(H,28,31)(H,29,30). The molecule has 0 aromatic heterocycles. The van der Waals surface area contributed by atoms with Crippen molar-refractivity contribution in [2.45, 2.75) is 32.2 Å². The first kappa shape index (κ1) is 21.6. The van der Waals surface area contributed by atoms with Crippen molar-refractivity contribution in [3.63, 3.8) is 0 Å². The van der Waals surface area contributed by atoms with E-state index in [2.05, 4.69) is 5.32 Å². The summed E-state index contributed by atoms with van der Waals surface area (Å²) < 4.78 is 19.0. The largest absolute Gasteiger partial charge is 0.480 e. The van der Waals surface area contributed by atoms with E-state index in [1.807, 2.05) is 48.5 Å². The molecule has 0 fully saturated rings. The number of nitrogens with one attached hydrogen (secondary N) is 1. The molecule has 0 spiro atoms. The third-order valence-corrected chi connectivity index (χ3v) is 6.00. The van der Waals surface area contributed by atoms with Crippen molar-refractivity contribution in [3.05, 3.63) is 94.3 Å². The Labute approximate surface area is 185 Å². The van der Waals surface area contributed by atoms with Crippen LogP contribution in [0, 0.1) is 19.7 Å². The highest BCUT2D eigenvalue weighted by atomic mass is 19.1. The summed E-state index contributed by atoms with van der Waals surface area (Å²) in [5.41, 5.74) is 6.36. The first-order valence-electron chi connectivity index (χ1n) is 10.4. The zero-order valence-electron chi connectivity index (χ0n) is 17.9. The maximum atomic E-state index is 13.6. The molecular formula is C26H24FNO4. The van der Waals surface area contributed by atoms with E-state index in [-0.39, 0.29) is 24.8 Å². The van der Waals surface area contributed by atoms with E-state index in [1.165, 1.54) is 12.1 Å². The average molecular weight is 433 g/mol. The quantitative estimate of drug-likeness (QED) is 0.575. The predicted molar refractivity (Wildman–Crippen MR) is 119 cm³/mol. The van der Waals surface area contributed by atoms with E-state index < -0.39 is 18.1 Å². The highest BCUT2D eigenvalue weighted by Gasteiger charge is 2.30. The van der Waals surface area contributed by atoms with Gasteiger partial charge in [0.05, 0.1) is 0 Å². The number of rotatable bonds is 6. The zero-order valence-corrected chi connectivity index (χ0v) is 17.9. The molecule has 1 atom stereocenters. The van der Waals surface area contributed by atoms with Crippen LogP contribution in [-0.4, -0.2) is 29.8 Å². The molecule has 3 aromatic carbocycles. The van der Waals surface area contributed by atoms with Gasteiger partial charge in [0, 0.05) is 12.3 Å². The van der Waals surface area contributed by atoms with Crippen LogP contribution in [0.15, 0.2) is 60.7 Å². The van der Waals surface area contributed by atoms with Gasteiger partial charge >= 0.3 is 12.1 Å². The maximum Gasteiger partial charge on any atom is 0.407 e. The Kier molecular flexibility index (Phi) is 5.95. The summed E-state index contributed by atoms with van der Waals surface area (Å²) in [5, 5.41) is 12.1. The second-order valence-corrected chi connectivity index (χ2v) is 8.08. The topological polar surface area (TPSA) is 75.6 Å². The number of ether oxygens (including phenoxy) is 1. The first-order chi connectivity index (χ1) is 15.3. The Morgan fingerprint density at radius 2 is 1.53 bits per heavy atom. The summed E-state index contributed by atoms with van der Waals surface area (Å²) in [5.74, 6) is -1.67. The van der Waals surface area contributed by atoms with E-state index >= 15 is 0 Å². The molecule has 6 heteroatoms. The lowest BCUT2D eigenvalue weighted by molar-refractivity contribution is -0.139. The molecule has 3 aromatic rings. The Hall–Kier alpha value is -3.67. The monoisotopic (exact) mass is 433 g/mol. The molecule has 0 aliphatic heterocycles. The second kappa shape index (κ2) is 8.83. The molecule has 0 radical (unpaired) electrons. The number of carboxylic acid groups (broad SMARTS) is 1. The highest BCUT2D eigenvalue weighted by Crippen LogP contribution is 2.44. The number of benzene rings is 3. The maximum absolute atomic E-state index is 13.6. The van der Waals surface area contributed by atoms with Crippen LogP contribution in [0.2, 0.25) is 0 Å². The van der Waals surface area contributed by atoms with Gasteiger partial charge in [-0.3, -0.25) is 0 Å². The fraction of sp³-hybridized carbons (Fsp3) is 0.231. The minimum absolute atomic E-state index is 0.0392. The number of amides is 1. The van der Waals surface area contributed by atoms with E-state index in [9.17, 15) is 19.1 Å². The SMILES string of the molecule is Cc1cc(F)cc(C)c1CC(NC(=O)OCC1c2ccccc2-c2ccccc21)C(=O)O. The molecule has 1 unspecified atom stereocenters. The third-order valence-electron chi connectivity index (χ3n) is 6.00. The van der Waals surface area contributed by atoms with E-state index in [4.69, 9.17) is 4.74 Å². The molecule has 1 aliphatic carbocycles. The summed E-state index contributed by atoms with van der Waals surface area (Å²) in [7, 11) is 0. The van der Waals surface area contributed by atoms with Gasteiger partial charge in [0.15, 0.2) is 0 Å². The van der Waals surface area contributed by atoms with Gasteiger partial charge in [-0.1, -0.05) is 48.5 Å². The minimum atomic E-state index is -1.19. The predicted octanol–water partition coefficient (Wildman–Crippen LogP) is 4.98. The van der Waals surface area contributed by atoms with Crippen LogP contribution in [0.5, 0.6) is 0 Å². The van der Waals surface area contributed by atoms with Crippen molar-refractivity contribution < 1.29 is 23.8 Å². The van der Waals surface area contributed by atoms with Crippen molar-refractivity contribution in [3.8, 4) is 11.1 Å². The lowest BCUT2D eigenvalue weighted by Gasteiger charge is -2.19. The van der Waals surface area contributed by atoms with E-state index in [1.54, 1.807) is 13.8 Å². The van der Waals surface area contributed by atoms with Gasteiger partial charge in [-0.2, -0.15) is 0 Å². The van der Waals surface area contributed by atoms with Crippen LogP contribution in [-0.2, 0) is 16.0 Å². The van der Waals surface area contributed by atoms with E-state index in [0.717, 1.165) is 22.3 Å². The number of aryl methyl sites for hydroxylation is 2. The van der Waals surface area contributed by atoms with Crippen LogP contribution >= 0.6 is 0 Å². The van der Waals surface area contributed by atoms with Crippen molar-refractivity contribution in [2.24, 2.45) is 0 Å². The molecule has 164 valence electrons. The van der Waals surface area contributed by atoms with Crippen molar-refractivity contribution in [1.29, 1.82) is 0 Å². The number of fused-ring (bicyclic) bond motifs is 3. The number of carboxylic acids is 1. The fourth-order valence-corrected chi connectivity index (χ4v) is 4.45. The number of carbonyl (C=O) groups excluding carboxylic acids is 1. The molecule has 0 saturated heterocycles. The van der Waals surface area contributed by atoms with Crippen LogP contribution < -0.4 is 5.32 Å². The number of halogens is 1. The van der Waals surface area contributed by atoms with Crippen LogP contribution in [0.25, 0.3) is 11.1 Å². The summed E-state index contributed by atoms with van der Waals surface area (Å²) in [4.78, 5) is 24.3. The normalized spacial score (nSPS) is 13.2. The van der Waals surface area contributed by atoms with Crippen molar-refractivity contribution in [1.82, 2.24) is 5.32 Å². The molecular weight excluding hydrogens is 409 g/mol.